The Balaban J connectivity index is 1.34. The van der Waals surface area contributed by atoms with Crippen LogP contribution in [0.3, 0.4) is 0 Å². The first-order valence-corrected chi connectivity index (χ1v) is 8.92. The Labute approximate surface area is 153 Å². The summed E-state index contributed by atoms with van der Waals surface area (Å²) < 4.78 is 5.83. The molecule has 6 heteroatoms. The number of anilines is 3. The molecule has 0 spiro atoms. The van der Waals surface area contributed by atoms with Crippen molar-refractivity contribution in [3.05, 3.63) is 66.1 Å². The fourth-order valence-corrected chi connectivity index (χ4v) is 3.22. The molecular weight excluding hydrogens is 326 g/mol. The molecule has 1 aromatic carbocycles. The molecule has 0 aliphatic carbocycles. The van der Waals surface area contributed by atoms with Gasteiger partial charge in [-0.2, -0.15) is 5.10 Å². The lowest BCUT2D eigenvalue weighted by Crippen LogP contribution is -2.31. The van der Waals surface area contributed by atoms with E-state index in [2.05, 4.69) is 61.4 Å². The Kier molecular flexibility index (Phi) is 4.84. The number of aromatic nitrogens is 3. The first-order chi connectivity index (χ1) is 12.8. The normalized spacial score (nSPS) is 13.3. The number of nitrogens with zero attached hydrogens (tertiary/aromatic N) is 4. The van der Waals surface area contributed by atoms with Crippen LogP contribution in [0.25, 0.3) is 0 Å². The van der Waals surface area contributed by atoms with Crippen LogP contribution in [0, 0.1) is 6.92 Å². The third-order valence-corrected chi connectivity index (χ3v) is 4.51. The summed E-state index contributed by atoms with van der Waals surface area (Å²) in [6.07, 6.45) is 2.68. The number of aromatic amines is 1. The predicted octanol–water partition coefficient (Wildman–Crippen LogP) is 3.29. The van der Waals surface area contributed by atoms with Crippen molar-refractivity contribution in [2.24, 2.45) is 0 Å². The predicted molar refractivity (Wildman–Crippen MR) is 103 cm³/mol. The summed E-state index contributed by atoms with van der Waals surface area (Å²) in [5.41, 5.74) is 4.45. The lowest BCUT2D eigenvalue weighted by Gasteiger charge is -2.21. The Morgan fingerprint density at radius 1 is 1.12 bits per heavy atom. The number of ether oxygens (including phenoxy) is 1. The van der Waals surface area contributed by atoms with Crippen molar-refractivity contribution < 1.29 is 4.74 Å². The number of nitrogens with one attached hydrogen (secondary N) is 1. The van der Waals surface area contributed by atoms with Crippen LogP contribution in [0.15, 0.2) is 54.7 Å². The van der Waals surface area contributed by atoms with Gasteiger partial charge < -0.3 is 14.5 Å². The number of pyridine rings is 1. The third-order valence-electron chi connectivity index (χ3n) is 4.51. The number of hydrogen-bond donors (Lipinski definition) is 1. The smallest absolute Gasteiger partial charge is 0.158 e. The van der Waals surface area contributed by atoms with E-state index in [9.17, 15) is 0 Å². The van der Waals surface area contributed by atoms with Gasteiger partial charge in [-0.15, -0.1) is 0 Å². The largest absolute Gasteiger partial charge is 0.379 e. The van der Waals surface area contributed by atoms with E-state index in [0.29, 0.717) is 13.2 Å². The summed E-state index contributed by atoms with van der Waals surface area (Å²) in [6.45, 7) is 5.00. The van der Waals surface area contributed by atoms with Crippen LogP contribution >= 0.6 is 0 Å². The molecule has 1 aliphatic heterocycles. The second kappa shape index (κ2) is 7.58. The standard InChI is InChI=1S/C20H23N5O/c1-16-14-17(23-22-16)9-12-26-13-11-24-15-25(18-6-3-2-4-7-18)20-19(24)8-5-10-21-20/h2-8,10,14H,9,11-13,15H2,1H3,(H,22,23). The Morgan fingerprint density at radius 2 is 2.00 bits per heavy atom. The molecule has 26 heavy (non-hydrogen) atoms. The van der Waals surface area contributed by atoms with E-state index in [1.54, 1.807) is 0 Å². The van der Waals surface area contributed by atoms with Crippen LogP contribution in [0.2, 0.25) is 0 Å². The van der Waals surface area contributed by atoms with E-state index in [1.165, 1.54) is 0 Å². The van der Waals surface area contributed by atoms with Gasteiger partial charge in [0.2, 0.25) is 0 Å². The number of fused-ring (bicyclic) bond motifs is 1. The molecule has 0 saturated carbocycles. The molecule has 3 heterocycles. The van der Waals surface area contributed by atoms with Crippen molar-refractivity contribution in [2.75, 3.05) is 36.2 Å². The van der Waals surface area contributed by atoms with Gasteiger partial charge >= 0.3 is 0 Å². The summed E-state index contributed by atoms with van der Waals surface area (Å²) >= 11 is 0. The van der Waals surface area contributed by atoms with Gasteiger partial charge in [-0.05, 0) is 37.3 Å². The van der Waals surface area contributed by atoms with Crippen molar-refractivity contribution in [1.29, 1.82) is 0 Å². The van der Waals surface area contributed by atoms with E-state index in [4.69, 9.17) is 4.74 Å². The molecule has 0 bridgehead atoms. The van der Waals surface area contributed by atoms with E-state index in [1.807, 2.05) is 25.3 Å². The Morgan fingerprint density at radius 3 is 2.81 bits per heavy atom. The zero-order valence-corrected chi connectivity index (χ0v) is 14.9. The second-order valence-electron chi connectivity index (χ2n) is 6.42. The van der Waals surface area contributed by atoms with Gasteiger partial charge in [-0.1, -0.05) is 18.2 Å². The molecule has 0 unspecified atom stereocenters. The first kappa shape index (κ1) is 16.6. The minimum atomic E-state index is 0.681. The van der Waals surface area contributed by atoms with Crippen molar-refractivity contribution >= 4 is 17.2 Å². The molecule has 1 aliphatic rings. The molecule has 1 N–H and O–H groups in total. The second-order valence-corrected chi connectivity index (χ2v) is 6.42. The molecule has 3 aromatic rings. The van der Waals surface area contributed by atoms with Gasteiger partial charge in [0, 0.05) is 30.5 Å². The monoisotopic (exact) mass is 349 g/mol. The highest BCUT2D eigenvalue weighted by molar-refractivity contribution is 5.78. The van der Waals surface area contributed by atoms with Crippen LogP contribution in [0.4, 0.5) is 17.2 Å². The Hall–Kier alpha value is -2.86. The molecule has 4 rings (SSSR count). The van der Waals surface area contributed by atoms with Crippen molar-refractivity contribution in [1.82, 2.24) is 15.2 Å². The van der Waals surface area contributed by atoms with Gasteiger partial charge in [-0.25, -0.2) is 4.98 Å². The summed E-state index contributed by atoms with van der Waals surface area (Å²) in [6, 6.07) is 16.5. The molecule has 0 fully saturated rings. The van der Waals surface area contributed by atoms with E-state index < -0.39 is 0 Å². The first-order valence-electron chi connectivity index (χ1n) is 8.92. The minimum Gasteiger partial charge on any atom is -0.379 e. The van der Waals surface area contributed by atoms with Gasteiger partial charge in [0.15, 0.2) is 5.82 Å². The fourth-order valence-electron chi connectivity index (χ4n) is 3.22. The molecular formula is C20H23N5O. The van der Waals surface area contributed by atoms with Crippen LogP contribution in [-0.2, 0) is 11.2 Å². The van der Waals surface area contributed by atoms with E-state index >= 15 is 0 Å². The minimum absolute atomic E-state index is 0.681. The molecule has 0 radical (unpaired) electrons. The number of benzene rings is 1. The number of aryl methyl sites for hydroxylation is 1. The van der Waals surface area contributed by atoms with Crippen molar-refractivity contribution in [3.8, 4) is 0 Å². The molecule has 0 amide bonds. The van der Waals surface area contributed by atoms with Crippen molar-refractivity contribution in [3.63, 3.8) is 0 Å². The number of para-hydroxylation sites is 1. The zero-order chi connectivity index (χ0) is 17.8. The molecule has 134 valence electrons. The van der Waals surface area contributed by atoms with Crippen LogP contribution in [0.5, 0.6) is 0 Å². The van der Waals surface area contributed by atoms with Crippen LogP contribution in [0.1, 0.15) is 11.4 Å². The molecule has 2 aromatic heterocycles. The number of H-pyrrole nitrogens is 1. The summed E-state index contributed by atoms with van der Waals surface area (Å²) in [5.74, 6) is 1.01. The van der Waals surface area contributed by atoms with Gasteiger partial charge in [0.25, 0.3) is 0 Å². The number of rotatable bonds is 7. The lowest BCUT2D eigenvalue weighted by atomic mass is 10.3. The van der Waals surface area contributed by atoms with Crippen molar-refractivity contribution in [2.45, 2.75) is 13.3 Å². The molecule has 6 nitrogen and oxygen atoms in total. The maximum Gasteiger partial charge on any atom is 0.158 e. The molecule has 0 saturated heterocycles. The Bertz CT molecular complexity index is 848. The number of hydrogen-bond acceptors (Lipinski definition) is 5. The van der Waals surface area contributed by atoms with Gasteiger partial charge in [0.05, 0.1) is 31.3 Å². The average molecular weight is 349 g/mol. The molecule has 0 atom stereocenters. The highest BCUT2D eigenvalue weighted by Gasteiger charge is 2.27. The SMILES string of the molecule is Cc1cc(CCOCCN2CN(c3ccccc3)c3ncccc32)n[nH]1. The van der Waals surface area contributed by atoms with Crippen LogP contribution < -0.4 is 9.80 Å². The third kappa shape index (κ3) is 3.55. The topological polar surface area (TPSA) is 57.3 Å². The summed E-state index contributed by atoms with van der Waals surface area (Å²) in [4.78, 5) is 9.14. The summed E-state index contributed by atoms with van der Waals surface area (Å²) in [7, 11) is 0. The van der Waals surface area contributed by atoms with Gasteiger partial charge in [0.1, 0.15) is 0 Å². The van der Waals surface area contributed by atoms with E-state index in [-0.39, 0.29) is 0 Å². The zero-order valence-electron chi connectivity index (χ0n) is 14.9. The van der Waals surface area contributed by atoms with E-state index in [0.717, 1.165) is 48.2 Å². The van der Waals surface area contributed by atoms with Gasteiger partial charge in [-0.3, -0.25) is 5.10 Å². The quantitative estimate of drug-likeness (QED) is 0.663. The van der Waals surface area contributed by atoms with Crippen LogP contribution in [-0.4, -0.2) is 41.6 Å². The highest BCUT2D eigenvalue weighted by atomic mass is 16.5. The lowest BCUT2D eigenvalue weighted by molar-refractivity contribution is 0.143. The maximum atomic E-state index is 5.83. The maximum absolute atomic E-state index is 5.83. The average Bonchev–Trinajstić information content (AvgIpc) is 3.26. The summed E-state index contributed by atoms with van der Waals surface area (Å²) in [5, 5.41) is 7.19. The highest BCUT2D eigenvalue weighted by Crippen LogP contribution is 2.38. The fraction of sp³-hybridized carbons (Fsp3) is 0.300.